The summed E-state index contributed by atoms with van der Waals surface area (Å²) in [6.07, 6.45) is 3.71. The smallest absolute Gasteiger partial charge is 0.163 e. The molecule has 2 aromatic rings. The number of hydrogen-bond acceptors (Lipinski definition) is 2. The van der Waals surface area contributed by atoms with Crippen LogP contribution in [0.1, 0.15) is 37.2 Å². The molecule has 0 fully saturated rings. The number of aromatic nitrogens is 3. The van der Waals surface area contributed by atoms with E-state index in [1.54, 1.807) is 0 Å². The summed E-state index contributed by atoms with van der Waals surface area (Å²) in [7, 11) is 0. The Morgan fingerprint density at radius 2 is 2.00 bits per heavy atom. The quantitative estimate of drug-likeness (QED) is 0.792. The minimum Gasteiger partial charge on any atom is -0.310 e. The second-order valence-corrected chi connectivity index (χ2v) is 6.48. The summed E-state index contributed by atoms with van der Waals surface area (Å²) in [6, 6.07) is 6.77. The van der Waals surface area contributed by atoms with Crippen molar-refractivity contribution in [1.29, 1.82) is 0 Å². The van der Waals surface area contributed by atoms with Gasteiger partial charge in [0.15, 0.2) is 5.82 Å². The van der Waals surface area contributed by atoms with Gasteiger partial charge in [-0.1, -0.05) is 41.9 Å². The highest BCUT2D eigenvalue weighted by Crippen LogP contribution is 2.28. The third kappa shape index (κ3) is 2.53. The fourth-order valence-electron chi connectivity index (χ4n) is 2.92. The molecule has 0 unspecified atom stereocenters. The van der Waals surface area contributed by atoms with Crippen LogP contribution in [0, 0.1) is 5.92 Å². The first-order chi connectivity index (χ1) is 9.69. The van der Waals surface area contributed by atoms with E-state index in [1.807, 2.05) is 0 Å². The van der Waals surface area contributed by atoms with E-state index in [4.69, 9.17) is 0 Å². The summed E-state index contributed by atoms with van der Waals surface area (Å²) in [4.78, 5) is 0. The standard InChI is InChI=1S/C16H20BrN3/c1-11(2)10-20-15(9-17)18-19-16(20)14-7-6-12-4-3-5-13(12)8-14/h6-8,11H,3-5,9-10H2,1-2H3. The van der Waals surface area contributed by atoms with Gasteiger partial charge in [0.25, 0.3) is 0 Å². The van der Waals surface area contributed by atoms with Gasteiger partial charge in [-0.2, -0.15) is 0 Å². The molecule has 0 aliphatic heterocycles. The van der Waals surface area contributed by atoms with Gasteiger partial charge in [0.2, 0.25) is 0 Å². The SMILES string of the molecule is CC(C)Cn1c(CBr)nnc1-c1ccc2c(c1)CCC2. The number of hydrogen-bond donors (Lipinski definition) is 0. The first-order valence-electron chi connectivity index (χ1n) is 7.29. The Morgan fingerprint density at radius 3 is 2.75 bits per heavy atom. The molecule has 1 aromatic carbocycles. The van der Waals surface area contributed by atoms with E-state index in [2.05, 4.69) is 62.7 Å². The third-order valence-corrected chi connectivity index (χ3v) is 4.35. The number of fused-ring (bicyclic) bond motifs is 1. The van der Waals surface area contributed by atoms with Crippen LogP contribution < -0.4 is 0 Å². The van der Waals surface area contributed by atoms with E-state index in [-0.39, 0.29) is 0 Å². The van der Waals surface area contributed by atoms with Crippen LogP contribution in [0.15, 0.2) is 18.2 Å². The zero-order valence-electron chi connectivity index (χ0n) is 12.1. The van der Waals surface area contributed by atoms with Crippen molar-refractivity contribution in [2.45, 2.75) is 45.0 Å². The topological polar surface area (TPSA) is 30.7 Å². The summed E-state index contributed by atoms with van der Waals surface area (Å²) in [5, 5.41) is 9.49. The molecular weight excluding hydrogens is 314 g/mol. The molecule has 0 spiro atoms. The number of halogens is 1. The van der Waals surface area contributed by atoms with Crippen molar-refractivity contribution in [3.05, 3.63) is 35.2 Å². The predicted octanol–water partition coefficient (Wildman–Crippen LogP) is 3.98. The molecule has 20 heavy (non-hydrogen) atoms. The maximum Gasteiger partial charge on any atom is 0.163 e. The maximum absolute atomic E-state index is 4.42. The Labute approximate surface area is 128 Å². The van der Waals surface area contributed by atoms with Crippen LogP contribution in [0.3, 0.4) is 0 Å². The van der Waals surface area contributed by atoms with E-state index >= 15 is 0 Å². The van der Waals surface area contributed by atoms with Gasteiger partial charge in [-0.15, -0.1) is 10.2 Å². The number of benzene rings is 1. The zero-order valence-corrected chi connectivity index (χ0v) is 13.7. The lowest BCUT2D eigenvalue weighted by Gasteiger charge is -2.12. The van der Waals surface area contributed by atoms with Crippen LogP contribution in [0.2, 0.25) is 0 Å². The fourth-order valence-corrected chi connectivity index (χ4v) is 3.33. The molecule has 0 atom stereocenters. The lowest BCUT2D eigenvalue weighted by molar-refractivity contribution is 0.516. The minimum atomic E-state index is 0.581. The lowest BCUT2D eigenvalue weighted by Crippen LogP contribution is -2.09. The molecule has 0 saturated heterocycles. The predicted molar refractivity (Wildman–Crippen MR) is 85.0 cm³/mol. The average molecular weight is 334 g/mol. The number of aryl methyl sites for hydroxylation is 2. The summed E-state index contributed by atoms with van der Waals surface area (Å²) in [6.45, 7) is 5.41. The van der Waals surface area contributed by atoms with E-state index in [0.29, 0.717) is 5.92 Å². The van der Waals surface area contributed by atoms with Crippen LogP contribution in [-0.2, 0) is 24.7 Å². The molecule has 3 rings (SSSR count). The van der Waals surface area contributed by atoms with Gasteiger partial charge in [-0.25, -0.2) is 0 Å². The van der Waals surface area contributed by atoms with Crippen molar-refractivity contribution in [3.63, 3.8) is 0 Å². The van der Waals surface area contributed by atoms with Crippen LogP contribution in [0.5, 0.6) is 0 Å². The molecule has 1 aliphatic rings. The van der Waals surface area contributed by atoms with Crippen LogP contribution >= 0.6 is 15.9 Å². The summed E-state index contributed by atoms with van der Waals surface area (Å²) in [5.41, 5.74) is 4.19. The molecule has 0 N–H and O–H groups in total. The van der Waals surface area contributed by atoms with Crippen molar-refractivity contribution in [1.82, 2.24) is 14.8 Å². The highest BCUT2D eigenvalue weighted by atomic mass is 79.9. The minimum absolute atomic E-state index is 0.581. The largest absolute Gasteiger partial charge is 0.310 e. The van der Waals surface area contributed by atoms with Gasteiger partial charge in [-0.05, 0) is 42.4 Å². The fraction of sp³-hybridized carbons (Fsp3) is 0.500. The molecule has 3 nitrogen and oxygen atoms in total. The number of alkyl halides is 1. The first kappa shape index (κ1) is 13.8. The molecule has 1 heterocycles. The zero-order chi connectivity index (χ0) is 14.1. The van der Waals surface area contributed by atoms with Crippen molar-refractivity contribution in [2.24, 2.45) is 5.92 Å². The summed E-state index contributed by atoms with van der Waals surface area (Å²) < 4.78 is 2.25. The Hall–Kier alpha value is -1.16. The van der Waals surface area contributed by atoms with Crippen LogP contribution in [-0.4, -0.2) is 14.8 Å². The molecule has 1 aliphatic carbocycles. The van der Waals surface area contributed by atoms with E-state index in [9.17, 15) is 0 Å². The highest BCUT2D eigenvalue weighted by Gasteiger charge is 2.17. The molecule has 0 bridgehead atoms. The highest BCUT2D eigenvalue weighted by molar-refractivity contribution is 9.08. The van der Waals surface area contributed by atoms with Crippen molar-refractivity contribution < 1.29 is 0 Å². The van der Waals surface area contributed by atoms with Crippen LogP contribution in [0.4, 0.5) is 0 Å². The van der Waals surface area contributed by atoms with Gasteiger partial charge in [-0.3, -0.25) is 0 Å². The van der Waals surface area contributed by atoms with Crippen molar-refractivity contribution in [3.8, 4) is 11.4 Å². The summed E-state index contributed by atoms with van der Waals surface area (Å²) >= 11 is 3.51. The molecule has 0 saturated carbocycles. The van der Waals surface area contributed by atoms with Crippen molar-refractivity contribution in [2.75, 3.05) is 0 Å². The van der Waals surface area contributed by atoms with E-state index < -0.39 is 0 Å². The van der Waals surface area contributed by atoms with Gasteiger partial charge in [0.05, 0.1) is 5.33 Å². The van der Waals surface area contributed by atoms with Gasteiger partial charge >= 0.3 is 0 Å². The Bertz CT molecular complexity index is 616. The Morgan fingerprint density at radius 1 is 1.20 bits per heavy atom. The monoisotopic (exact) mass is 333 g/mol. The second-order valence-electron chi connectivity index (χ2n) is 5.91. The van der Waals surface area contributed by atoms with E-state index in [1.165, 1.54) is 36.0 Å². The van der Waals surface area contributed by atoms with Crippen LogP contribution in [0.25, 0.3) is 11.4 Å². The second kappa shape index (κ2) is 5.68. The van der Waals surface area contributed by atoms with Gasteiger partial charge in [0.1, 0.15) is 5.82 Å². The average Bonchev–Trinajstić information content (AvgIpc) is 3.03. The molecular formula is C16H20BrN3. The molecule has 0 amide bonds. The Kier molecular flexibility index (Phi) is 3.92. The molecule has 1 aromatic heterocycles. The number of nitrogens with zero attached hydrogens (tertiary/aromatic N) is 3. The molecule has 4 heteroatoms. The molecule has 106 valence electrons. The summed E-state index contributed by atoms with van der Waals surface area (Å²) in [5.74, 6) is 2.59. The van der Waals surface area contributed by atoms with Crippen molar-refractivity contribution >= 4 is 15.9 Å². The normalized spacial score (nSPS) is 14.0. The number of rotatable bonds is 4. The first-order valence-corrected chi connectivity index (χ1v) is 8.41. The maximum atomic E-state index is 4.42. The van der Waals surface area contributed by atoms with Gasteiger partial charge in [0, 0.05) is 12.1 Å². The Balaban J connectivity index is 2.03. The lowest BCUT2D eigenvalue weighted by atomic mass is 10.1. The third-order valence-electron chi connectivity index (χ3n) is 3.85. The molecule has 0 radical (unpaired) electrons. The van der Waals surface area contributed by atoms with E-state index in [0.717, 1.165) is 23.5 Å². The van der Waals surface area contributed by atoms with Gasteiger partial charge < -0.3 is 4.57 Å².